The molecule has 0 aliphatic heterocycles. The molecule has 0 aliphatic rings. The van der Waals surface area contributed by atoms with Crippen LogP contribution in [0.15, 0.2) is 12.4 Å². The predicted octanol–water partition coefficient (Wildman–Crippen LogP) is -0.0477. The van der Waals surface area contributed by atoms with Gasteiger partial charge in [0, 0.05) is 12.5 Å². The van der Waals surface area contributed by atoms with Crippen molar-refractivity contribution in [1.82, 2.24) is 10.6 Å². The number of ketones is 1. The molecule has 2 atom stereocenters. The van der Waals surface area contributed by atoms with Crippen LogP contribution in [-0.2, 0) is 9.59 Å². The smallest absolute Gasteiger partial charge is 0.237 e. The van der Waals surface area contributed by atoms with Crippen LogP contribution in [0.3, 0.4) is 0 Å². The first-order chi connectivity index (χ1) is 10.8. The molecular weight excluding hydrogens is 294 g/mol. The molecule has 0 aromatic rings. The minimum atomic E-state index is -0.606. The Kier molecular flexibility index (Phi) is 11.1. The summed E-state index contributed by atoms with van der Waals surface area (Å²) >= 11 is 0. The van der Waals surface area contributed by atoms with Crippen LogP contribution in [0.4, 0.5) is 0 Å². The lowest BCUT2D eigenvalue weighted by Gasteiger charge is -2.22. The van der Waals surface area contributed by atoms with Crippen LogP contribution < -0.4 is 27.8 Å². The third-order valence-electron chi connectivity index (χ3n) is 3.56. The number of nitrogens with one attached hydrogen (secondary N) is 2. The molecule has 0 aliphatic carbocycles. The Morgan fingerprint density at radius 2 is 1.78 bits per heavy atom. The highest BCUT2D eigenvalue weighted by Gasteiger charge is 2.24. The van der Waals surface area contributed by atoms with E-state index in [1.807, 2.05) is 13.8 Å². The molecule has 0 aromatic carbocycles. The van der Waals surface area contributed by atoms with E-state index in [2.05, 4.69) is 17.2 Å². The normalized spacial score (nSPS) is 13.4. The lowest BCUT2D eigenvalue weighted by atomic mass is 9.97. The Hall–Kier alpha value is -1.60. The second-order valence-electron chi connectivity index (χ2n) is 6.10. The van der Waals surface area contributed by atoms with E-state index >= 15 is 0 Å². The highest BCUT2D eigenvalue weighted by Crippen LogP contribution is 2.07. The summed E-state index contributed by atoms with van der Waals surface area (Å²) in [7, 11) is 0. The molecule has 7 nitrogen and oxygen atoms in total. The van der Waals surface area contributed by atoms with Gasteiger partial charge in [-0.25, -0.2) is 0 Å². The first-order valence-corrected chi connectivity index (χ1v) is 8.27. The van der Waals surface area contributed by atoms with Gasteiger partial charge >= 0.3 is 0 Å². The van der Waals surface area contributed by atoms with E-state index in [0.29, 0.717) is 38.2 Å². The van der Waals surface area contributed by atoms with E-state index in [-0.39, 0.29) is 17.6 Å². The molecule has 134 valence electrons. The van der Waals surface area contributed by atoms with Crippen molar-refractivity contribution in [3.63, 3.8) is 0 Å². The van der Waals surface area contributed by atoms with Crippen molar-refractivity contribution >= 4 is 11.7 Å². The number of Topliss-reactive ketones (excluding diaryl/α,β-unsaturated/α-hetero) is 1. The summed E-state index contributed by atoms with van der Waals surface area (Å²) < 4.78 is 0. The maximum Gasteiger partial charge on any atom is 0.237 e. The van der Waals surface area contributed by atoms with Crippen LogP contribution in [0.1, 0.15) is 46.0 Å². The van der Waals surface area contributed by atoms with Gasteiger partial charge in [-0.3, -0.25) is 9.59 Å². The SMILES string of the molecule is C=C(N)NCCCC(NC(=O)C(N)CCCCN)C(=O)C(C)C. The van der Waals surface area contributed by atoms with Crippen LogP contribution >= 0.6 is 0 Å². The second-order valence-corrected chi connectivity index (χ2v) is 6.10. The largest absolute Gasteiger partial charge is 0.386 e. The summed E-state index contributed by atoms with van der Waals surface area (Å²) in [6.45, 7) is 8.38. The Balaban J connectivity index is 4.47. The number of carbonyl (C=O) groups is 2. The summed E-state index contributed by atoms with van der Waals surface area (Å²) in [5, 5.41) is 5.69. The van der Waals surface area contributed by atoms with Crippen molar-refractivity contribution in [2.75, 3.05) is 13.1 Å². The second kappa shape index (κ2) is 11.9. The maximum absolute atomic E-state index is 12.3. The Morgan fingerprint density at radius 1 is 1.13 bits per heavy atom. The third-order valence-corrected chi connectivity index (χ3v) is 3.56. The van der Waals surface area contributed by atoms with Gasteiger partial charge in [-0.05, 0) is 32.2 Å². The van der Waals surface area contributed by atoms with E-state index in [1.54, 1.807) is 0 Å². The standard InChI is InChI=1S/C16H33N5O2/c1-11(2)15(22)14(8-6-10-20-12(3)18)21-16(23)13(19)7-4-5-9-17/h11,13-14,20H,3-10,17-19H2,1-2H3,(H,21,23). The van der Waals surface area contributed by atoms with Gasteiger partial charge in [0.2, 0.25) is 5.91 Å². The fourth-order valence-electron chi connectivity index (χ4n) is 2.16. The number of rotatable bonds is 13. The van der Waals surface area contributed by atoms with Crippen molar-refractivity contribution < 1.29 is 9.59 Å². The summed E-state index contributed by atoms with van der Waals surface area (Å²) in [6.07, 6.45) is 3.45. The summed E-state index contributed by atoms with van der Waals surface area (Å²) in [5.74, 6) is -0.0230. The minimum Gasteiger partial charge on any atom is -0.386 e. The number of unbranched alkanes of at least 4 members (excludes halogenated alkanes) is 1. The van der Waals surface area contributed by atoms with E-state index < -0.39 is 12.1 Å². The zero-order chi connectivity index (χ0) is 17.8. The molecule has 0 saturated carbocycles. The molecular formula is C16H33N5O2. The third kappa shape index (κ3) is 9.91. The van der Waals surface area contributed by atoms with Gasteiger partial charge in [0.1, 0.15) is 0 Å². The van der Waals surface area contributed by atoms with Crippen LogP contribution in [-0.4, -0.2) is 36.9 Å². The van der Waals surface area contributed by atoms with Gasteiger partial charge in [-0.1, -0.05) is 26.8 Å². The molecule has 0 radical (unpaired) electrons. The minimum absolute atomic E-state index is 0.0130. The van der Waals surface area contributed by atoms with Crippen molar-refractivity contribution in [2.45, 2.75) is 58.0 Å². The predicted molar refractivity (Wildman–Crippen MR) is 93.2 cm³/mol. The van der Waals surface area contributed by atoms with Crippen molar-refractivity contribution in [2.24, 2.45) is 23.1 Å². The number of hydrogen-bond donors (Lipinski definition) is 5. The number of amides is 1. The van der Waals surface area contributed by atoms with Crippen LogP contribution in [0.25, 0.3) is 0 Å². The van der Waals surface area contributed by atoms with Crippen LogP contribution in [0, 0.1) is 5.92 Å². The number of hydrogen-bond acceptors (Lipinski definition) is 6. The van der Waals surface area contributed by atoms with Gasteiger partial charge < -0.3 is 27.8 Å². The van der Waals surface area contributed by atoms with Crippen molar-refractivity contribution in [3.05, 3.63) is 12.4 Å². The molecule has 1 amide bonds. The Labute approximate surface area is 139 Å². The van der Waals surface area contributed by atoms with Gasteiger partial charge in [0.05, 0.1) is 17.9 Å². The van der Waals surface area contributed by atoms with E-state index in [9.17, 15) is 9.59 Å². The lowest BCUT2D eigenvalue weighted by Crippen LogP contribution is -2.49. The molecule has 0 rings (SSSR count). The molecule has 0 aromatic heterocycles. The highest BCUT2D eigenvalue weighted by molar-refractivity contribution is 5.91. The van der Waals surface area contributed by atoms with E-state index in [4.69, 9.17) is 17.2 Å². The fraction of sp³-hybridized carbons (Fsp3) is 0.750. The molecule has 0 saturated heterocycles. The van der Waals surface area contributed by atoms with Crippen LogP contribution in [0.5, 0.6) is 0 Å². The lowest BCUT2D eigenvalue weighted by molar-refractivity contribution is -0.130. The van der Waals surface area contributed by atoms with Crippen molar-refractivity contribution in [1.29, 1.82) is 0 Å². The maximum atomic E-state index is 12.3. The van der Waals surface area contributed by atoms with Gasteiger partial charge in [-0.15, -0.1) is 0 Å². The highest BCUT2D eigenvalue weighted by atomic mass is 16.2. The molecule has 0 bridgehead atoms. The van der Waals surface area contributed by atoms with E-state index in [1.165, 1.54) is 0 Å². The zero-order valence-electron chi connectivity index (χ0n) is 14.4. The number of nitrogens with two attached hydrogens (primary N) is 3. The molecule has 0 heterocycles. The quantitative estimate of drug-likeness (QED) is 0.301. The molecule has 7 heteroatoms. The summed E-state index contributed by atoms with van der Waals surface area (Å²) in [5.41, 5.74) is 16.7. The summed E-state index contributed by atoms with van der Waals surface area (Å²) in [4.78, 5) is 24.4. The monoisotopic (exact) mass is 327 g/mol. The summed E-state index contributed by atoms with van der Waals surface area (Å²) in [6, 6.07) is -1.12. The van der Waals surface area contributed by atoms with Gasteiger partial charge in [0.25, 0.3) is 0 Å². The molecule has 8 N–H and O–H groups in total. The van der Waals surface area contributed by atoms with Gasteiger partial charge in [0.15, 0.2) is 5.78 Å². The molecule has 0 spiro atoms. The average Bonchev–Trinajstić information content (AvgIpc) is 2.49. The molecule has 0 fully saturated rings. The zero-order valence-corrected chi connectivity index (χ0v) is 14.4. The van der Waals surface area contributed by atoms with Crippen LogP contribution in [0.2, 0.25) is 0 Å². The first-order valence-electron chi connectivity index (χ1n) is 8.27. The number of carbonyl (C=O) groups excluding carboxylic acids is 2. The topological polar surface area (TPSA) is 136 Å². The van der Waals surface area contributed by atoms with Gasteiger partial charge in [-0.2, -0.15) is 0 Å². The van der Waals surface area contributed by atoms with E-state index in [0.717, 1.165) is 12.8 Å². The Bertz CT molecular complexity index is 385. The Morgan fingerprint density at radius 3 is 2.30 bits per heavy atom. The average molecular weight is 327 g/mol. The molecule has 23 heavy (non-hydrogen) atoms. The molecule has 2 unspecified atom stereocenters. The first kappa shape index (κ1) is 21.4. The van der Waals surface area contributed by atoms with Crippen molar-refractivity contribution in [3.8, 4) is 0 Å². The fourth-order valence-corrected chi connectivity index (χ4v) is 2.16.